The number of thioether (sulfide) groups is 1. The summed E-state index contributed by atoms with van der Waals surface area (Å²) in [6.07, 6.45) is 1.04. The van der Waals surface area contributed by atoms with Crippen molar-refractivity contribution < 1.29 is 9.84 Å². The molecule has 0 radical (unpaired) electrons. The highest BCUT2D eigenvalue weighted by molar-refractivity contribution is 7.99. The Morgan fingerprint density at radius 1 is 1.21 bits per heavy atom. The van der Waals surface area contributed by atoms with E-state index >= 15 is 0 Å². The maximum Gasteiger partial charge on any atom is 0.122 e. The number of aryl methyl sites for hydroxylation is 2. The zero-order valence-corrected chi connectivity index (χ0v) is 13.4. The van der Waals surface area contributed by atoms with E-state index in [1.165, 1.54) is 0 Å². The number of aliphatic hydroxyl groups is 1. The lowest BCUT2D eigenvalue weighted by Crippen LogP contribution is -2.47. The van der Waals surface area contributed by atoms with Crippen molar-refractivity contribution >= 4 is 11.8 Å². The molecule has 3 heteroatoms. The van der Waals surface area contributed by atoms with Gasteiger partial charge in [0.15, 0.2) is 0 Å². The Hall–Kier alpha value is -0.670. The van der Waals surface area contributed by atoms with Gasteiger partial charge in [-0.3, -0.25) is 0 Å². The van der Waals surface area contributed by atoms with Crippen molar-refractivity contribution in [2.24, 2.45) is 5.41 Å². The fourth-order valence-electron chi connectivity index (χ4n) is 2.85. The van der Waals surface area contributed by atoms with Gasteiger partial charge in [-0.15, -0.1) is 0 Å². The van der Waals surface area contributed by atoms with Crippen LogP contribution in [0.25, 0.3) is 0 Å². The summed E-state index contributed by atoms with van der Waals surface area (Å²) < 4.78 is 5.37. The van der Waals surface area contributed by atoms with Gasteiger partial charge in [-0.1, -0.05) is 13.8 Å². The molecule has 106 valence electrons. The quantitative estimate of drug-likeness (QED) is 0.896. The molecule has 0 saturated carbocycles. The molecule has 1 aromatic carbocycles. The Bertz CT molecular complexity index is 482. The van der Waals surface area contributed by atoms with Crippen molar-refractivity contribution in [2.75, 3.05) is 18.6 Å². The zero-order valence-electron chi connectivity index (χ0n) is 12.5. The standard InChI is InChI=1S/C16H24O2S/c1-11-9-14(18-5)12(2)8-13(11)16(17)10-19-7-6-15(16,3)4/h8-9,17H,6-7,10H2,1-5H3. The first-order chi connectivity index (χ1) is 8.82. The minimum absolute atomic E-state index is 0.0932. The van der Waals surface area contributed by atoms with Gasteiger partial charge in [0, 0.05) is 5.75 Å². The topological polar surface area (TPSA) is 29.5 Å². The molecule has 1 saturated heterocycles. The minimum Gasteiger partial charge on any atom is -0.496 e. The summed E-state index contributed by atoms with van der Waals surface area (Å²) in [6, 6.07) is 4.14. The van der Waals surface area contributed by atoms with Crippen molar-refractivity contribution in [1.29, 1.82) is 0 Å². The van der Waals surface area contributed by atoms with E-state index in [1.54, 1.807) is 7.11 Å². The second-order valence-electron chi connectivity index (χ2n) is 6.18. The summed E-state index contributed by atoms with van der Waals surface area (Å²) in [4.78, 5) is 0. The molecule has 19 heavy (non-hydrogen) atoms. The maximum atomic E-state index is 11.3. The lowest BCUT2D eigenvalue weighted by atomic mass is 9.68. The number of hydrogen-bond donors (Lipinski definition) is 1. The molecule has 0 amide bonds. The van der Waals surface area contributed by atoms with Gasteiger partial charge in [0.25, 0.3) is 0 Å². The number of hydrogen-bond acceptors (Lipinski definition) is 3. The SMILES string of the molecule is COc1cc(C)c(C2(O)CSCCC2(C)C)cc1C. The predicted molar refractivity (Wildman–Crippen MR) is 82.1 cm³/mol. The Kier molecular flexibility index (Phi) is 3.90. The van der Waals surface area contributed by atoms with E-state index in [9.17, 15) is 5.11 Å². The third kappa shape index (κ3) is 2.38. The second kappa shape index (κ2) is 5.02. The van der Waals surface area contributed by atoms with Crippen LogP contribution in [0.3, 0.4) is 0 Å². The summed E-state index contributed by atoms with van der Waals surface area (Å²) >= 11 is 1.84. The van der Waals surface area contributed by atoms with E-state index in [2.05, 4.69) is 26.8 Å². The van der Waals surface area contributed by atoms with Gasteiger partial charge in [0.2, 0.25) is 0 Å². The molecular formula is C16H24O2S. The highest BCUT2D eigenvalue weighted by atomic mass is 32.2. The fraction of sp³-hybridized carbons (Fsp3) is 0.625. The monoisotopic (exact) mass is 280 g/mol. The van der Waals surface area contributed by atoms with E-state index in [4.69, 9.17) is 4.74 Å². The first-order valence-corrected chi connectivity index (χ1v) is 7.93. The second-order valence-corrected chi connectivity index (χ2v) is 7.29. The molecule has 1 aliphatic rings. The third-order valence-electron chi connectivity index (χ3n) is 4.49. The Morgan fingerprint density at radius 2 is 1.89 bits per heavy atom. The maximum absolute atomic E-state index is 11.3. The van der Waals surface area contributed by atoms with Gasteiger partial charge in [-0.05, 0) is 60.3 Å². The molecule has 2 rings (SSSR count). The van der Waals surface area contributed by atoms with E-state index in [1.807, 2.05) is 24.8 Å². The third-order valence-corrected chi connectivity index (χ3v) is 5.60. The first kappa shape index (κ1) is 14.7. The van der Waals surface area contributed by atoms with E-state index in [0.29, 0.717) is 0 Å². The van der Waals surface area contributed by atoms with Crippen LogP contribution >= 0.6 is 11.8 Å². The Morgan fingerprint density at radius 3 is 2.47 bits per heavy atom. The van der Waals surface area contributed by atoms with Gasteiger partial charge in [0.05, 0.1) is 7.11 Å². The van der Waals surface area contributed by atoms with Crippen LogP contribution in [-0.4, -0.2) is 23.7 Å². The predicted octanol–water partition coefficient (Wildman–Crippen LogP) is 3.66. The summed E-state index contributed by atoms with van der Waals surface area (Å²) in [7, 11) is 1.69. The molecule has 1 atom stereocenters. The van der Waals surface area contributed by atoms with Crippen molar-refractivity contribution in [3.8, 4) is 5.75 Å². The van der Waals surface area contributed by atoms with E-state index < -0.39 is 5.60 Å². The van der Waals surface area contributed by atoms with Gasteiger partial charge in [0.1, 0.15) is 11.4 Å². The van der Waals surface area contributed by atoms with Crippen LogP contribution in [0.2, 0.25) is 0 Å². The number of ether oxygens (including phenoxy) is 1. The van der Waals surface area contributed by atoms with E-state index in [-0.39, 0.29) is 5.41 Å². The van der Waals surface area contributed by atoms with Crippen LogP contribution in [0.15, 0.2) is 12.1 Å². The molecule has 0 aliphatic carbocycles. The van der Waals surface area contributed by atoms with Crippen LogP contribution in [-0.2, 0) is 5.60 Å². The van der Waals surface area contributed by atoms with Crippen LogP contribution in [0.1, 0.15) is 37.0 Å². The molecule has 0 aromatic heterocycles. The smallest absolute Gasteiger partial charge is 0.122 e. The molecular weight excluding hydrogens is 256 g/mol. The molecule has 2 nitrogen and oxygen atoms in total. The average molecular weight is 280 g/mol. The summed E-state index contributed by atoms with van der Waals surface area (Å²) in [5, 5.41) is 11.3. The number of rotatable bonds is 2. The lowest BCUT2D eigenvalue weighted by Gasteiger charge is -2.47. The van der Waals surface area contributed by atoms with Crippen molar-refractivity contribution in [3.05, 3.63) is 28.8 Å². The molecule has 1 aliphatic heterocycles. The Labute approximate surface area is 120 Å². The molecule has 1 N–H and O–H groups in total. The van der Waals surface area contributed by atoms with Crippen molar-refractivity contribution in [2.45, 2.75) is 39.7 Å². The normalized spacial score (nSPS) is 26.2. The Balaban J connectivity index is 2.54. The van der Waals surface area contributed by atoms with E-state index in [0.717, 1.165) is 40.4 Å². The highest BCUT2D eigenvalue weighted by Crippen LogP contribution is 2.49. The largest absolute Gasteiger partial charge is 0.496 e. The van der Waals surface area contributed by atoms with Crippen LogP contribution in [0.4, 0.5) is 0 Å². The fourth-order valence-corrected chi connectivity index (χ4v) is 4.49. The average Bonchev–Trinajstić information content (AvgIpc) is 2.35. The zero-order chi connectivity index (χ0) is 14.3. The van der Waals surface area contributed by atoms with Gasteiger partial charge >= 0.3 is 0 Å². The summed E-state index contributed by atoms with van der Waals surface area (Å²) in [5.41, 5.74) is 2.41. The van der Waals surface area contributed by atoms with Crippen LogP contribution < -0.4 is 4.74 Å². The summed E-state index contributed by atoms with van der Waals surface area (Å²) in [5.74, 6) is 2.79. The van der Waals surface area contributed by atoms with Crippen LogP contribution in [0, 0.1) is 19.3 Å². The van der Waals surface area contributed by atoms with Crippen molar-refractivity contribution in [1.82, 2.24) is 0 Å². The summed E-state index contributed by atoms with van der Waals surface area (Å²) in [6.45, 7) is 8.44. The molecule has 1 fully saturated rings. The number of benzene rings is 1. The van der Waals surface area contributed by atoms with Crippen molar-refractivity contribution in [3.63, 3.8) is 0 Å². The molecule has 0 spiro atoms. The van der Waals surface area contributed by atoms with Gasteiger partial charge in [-0.25, -0.2) is 0 Å². The number of methoxy groups -OCH3 is 1. The first-order valence-electron chi connectivity index (χ1n) is 6.78. The lowest BCUT2D eigenvalue weighted by molar-refractivity contribution is -0.0584. The van der Waals surface area contributed by atoms with Crippen LogP contribution in [0.5, 0.6) is 5.75 Å². The minimum atomic E-state index is -0.753. The molecule has 1 heterocycles. The molecule has 0 bridgehead atoms. The highest BCUT2D eigenvalue weighted by Gasteiger charge is 2.47. The van der Waals surface area contributed by atoms with Gasteiger partial charge in [-0.2, -0.15) is 11.8 Å². The molecule has 1 unspecified atom stereocenters. The molecule has 1 aromatic rings. The van der Waals surface area contributed by atoms with Gasteiger partial charge < -0.3 is 9.84 Å².